The van der Waals surface area contributed by atoms with E-state index in [9.17, 15) is 0 Å². The number of nitrogens with zero attached hydrogens (tertiary/aromatic N) is 4. The van der Waals surface area contributed by atoms with E-state index in [0.717, 1.165) is 52.1 Å². The van der Waals surface area contributed by atoms with Crippen molar-refractivity contribution in [2.24, 2.45) is 0 Å². The molecule has 270 valence electrons. The highest BCUT2D eigenvalue weighted by molar-refractivity contribution is 6.06. The van der Waals surface area contributed by atoms with Crippen molar-refractivity contribution in [3.05, 3.63) is 131 Å². The van der Waals surface area contributed by atoms with Crippen LogP contribution in [0.2, 0.25) is 0 Å². The number of allylic oxidation sites excluding steroid dienone is 2. The third kappa shape index (κ3) is 7.31. The number of rotatable bonds is 15. The van der Waals surface area contributed by atoms with Gasteiger partial charge in [-0.3, -0.25) is 0 Å². The molecule has 0 saturated heterocycles. The van der Waals surface area contributed by atoms with E-state index >= 15 is 0 Å². The molecule has 4 aromatic carbocycles. The molecule has 0 radical (unpaired) electrons. The number of unbranched alkanes of at least 4 members (excludes halogenated alkanes) is 1. The number of anilines is 2. The average Bonchev–Trinajstić information content (AvgIpc) is 3.51. The Bertz CT molecular complexity index is 1820. The van der Waals surface area contributed by atoms with Gasteiger partial charge in [0.05, 0.1) is 10.8 Å². The van der Waals surface area contributed by atoms with E-state index < -0.39 is 0 Å². The summed E-state index contributed by atoms with van der Waals surface area (Å²) in [6, 6.07) is 36.0. The lowest BCUT2D eigenvalue weighted by Crippen LogP contribution is -2.28. The van der Waals surface area contributed by atoms with Gasteiger partial charge >= 0.3 is 0 Å². The van der Waals surface area contributed by atoms with Crippen LogP contribution >= 0.6 is 0 Å². The molecular formula is C48H60N4+2. The molecule has 2 heterocycles. The summed E-state index contributed by atoms with van der Waals surface area (Å²) < 4.78 is 5.18. The number of hydrogen-bond acceptors (Lipinski definition) is 2. The summed E-state index contributed by atoms with van der Waals surface area (Å²) in [5.74, 6) is 0. The highest BCUT2D eigenvalue weighted by Gasteiger charge is 2.45. The van der Waals surface area contributed by atoms with Crippen LogP contribution in [0.4, 0.5) is 22.7 Å². The first kappa shape index (κ1) is 37.1. The Kier molecular flexibility index (Phi) is 11.3. The molecule has 0 amide bonds. The maximum absolute atomic E-state index is 2.59. The molecule has 2 aliphatic rings. The summed E-state index contributed by atoms with van der Waals surface area (Å²) in [7, 11) is 0. The van der Waals surface area contributed by atoms with Gasteiger partial charge < -0.3 is 9.80 Å². The van der Waals surface area contributed by atoms with Gasteiger partial charge in [-0.2, -0.15) is 9.15 Å². The summed E-state index contributed by atoms with van der Waals surface area (Å²) >= 11 is 0. The Labute approximate surface area is 314 Å². The lowest BCUT2D eigenvalue weighted by atomic mass is 9.81. The van der Waals surface area contributed by atoms with Gasteiger partial charge in [-0.1, -0.05) is 60.7 Å². The molecule has 2 aliphatic heterocycles. The number of hydrogen-bond donors (Lipinski definition) is 0. The van der Waals surface area contributed by atoms with Crippen LogP contribution in [0.1, 0.15) is 90.5 Å². The van der Waals surface area contributed by atoms with E-state index in [1.165, 1.54) is 56.4 Å². The molecule has 4 aromatic rings. The quantitative estimate of drug-likeness (QED) is 0.0908. The topological polar surface area (TPSA) is 12.5 Å². The van der Waals surface area contributed by atoms with Crippen molar-refractivity contribution in [2.45, 2.75) is 79.1 Å². The zero-order chi connectivity index (χ0) is 36.9. The first-order valence-electron chi connectivity index (χ1n) is 19.7. The second kappa shape index (κ2) is 15.9. The molecule has 0 N–H and O–H groups in total. The molecule has 0 bridgehead atoms. The third-order valence-electron chi connectivity index (χ3n) is 11.5. The zero-order valence-corrected chi connectivity index (χ0v) is 33.0. The Balaban J connectivity index is 1.24. The molecule has 0 atom stereocenters. The second-order valence-corrected chi connectivity index (χ2v) is 15.3. The maximum Gasteiger partial charge on any atom is 0.209 e. The molecule has 0 fully saturated rings. The molecule has 6 rings (SSSR count). The van der Waals surface area contributed by atoms with Crippen LogP contribution in [0.25, 0.3) is 12.2 Å². The van der Waals surface area contributed by atoms with Crippen molar-refractivity contribution in [1.82, 2.24) is 0 Å². The minimum absolute atomic E-state index is 0.0680. The average molecular weight is 693 g/mol. The lowest BCUT2D eigenvalue weighted by molar-refractivity contribution is -0.451. The Morgan fingerprint density at radius 3 is 1.15 bits per heavy atom. The summed E-state index contributed by atoms with van der Waals surface area (Å²) in [6.07, 6.45) is 11.5. The third-order valence-corrected chi connectivity index (χ3v) is 11.5. The standard InChI is InChI=1S/C48H60N4/c1-9-49(10-2)39-29-23-37(24-30-39)27-33-45-47(5,6)41-19-13-15-21-43(41)51(45)35-17-18-36-52-44-22-16-14-20-42(44)48(7,8)46(52)34-28-38-25-31-40(32-26-38)50(11-3)12-4/h13-16,19-34H,9-12,17-18,35-36H2,1-8H3/q+2. The van der Waals surface area contributed by atoms with E-state index in [1.807, 2.05) is 0 Å². The molecule has 0 unspecified atom stereocenters. The molecule has 0 spiro atoms. The Morgan fingerprint density at radius 2 is 0.808 bits per heavy atom. The summed E-state index contributed by atoms with van der Waals surface area (Å²) in [5.41, 5.74) is 13.2. The fraction of sp³-hybridized carbons (Fsp3) is 0.375. The second-order valence-electron chi connectivity index (χ2n) is 15.3. The fourth-order valence-corrected chi connectivity index (χ4v) is 8.42. The Hall–Kier alpha value is -4.70. The van der Waals surface area contributed by atoms with Gasteiger partial charge in [0, 0.05) is 85.8 Å². The first-order valence-corrected chi connectivity index (χ1v) is 19.7. The van der Waals surface area contributed by atoms with Gasteiger partial charge in [-0.05, 0) is 103 Å². The van der Waals surface area contributed by atoms with Gasteiger partial charge in [0.25, 0.3) is 0 Å². The van der Waals surface area contributed by atoms with Crippen molar-refractivity contribution in [3.63, 3.8) is 0 Å². The van der Waals surface area contributed by atoms with Gasteiger partial charge in [-0.25, -0.2) is 0 Å². The minimum Gasteiger partial charge on any atom is -0.372 e. The molecule has 0 aliphatic carbocycles. The molecule has 4 nitrogen and oxygen atoms in total. The van der Waals surface area contributed by atoms with E-state index in [0.29, 0.717) is 0 Å². The monoisotopic (exact) mass is 692 g/mol. The first-order chi connectivity index (χ1) is 25.1. The summed E-state index contributed by atoms with van der Waals surface area (Å²) in [5, 5.41) is 0. The van der Waals surface area contributed by atoms with Crippen LogP contribution in [-0.4, -0.2) is 59.8 Å². The number of para-hydroxylation sites is 2. The van der Waals surface area contributed by atoms with Crippen molar-refractivity contribution < 1.29 is 9.15 Å². The highest BCUT2D eigenvalue weighted by atomic mass is 15.1. The van der Waals surface area contributed by atoms with Gasteiger partial charge in [0.2, 0.25) is 11.4 Å². The molecule has 52 heavy (non-hydrogen) atoms. The maximum atomic E-state index is 2.59. The van der Waals surface area contributed by atoms with Gasteiger partial charge in [0.15, 0.2) is 11.4 Å². The van der Waals surface area contributed by atoms with Crippen molar-refractivity contribution in [2.75, 3.05) is 49.1 Å². The smallest absolute Gasteiger partial charge is 0.209 e. The molecule has 0 saturated carbocycles. The van der Waals surface area contributed by atoms with Crippen LogP contribution in [0.15, 0.2) is 109 Å². The predicted octanol–water partition coefficient (Wildman–Crippen LogP) is 11.0. The van der Waals surface area contributed by atoms with E-state index in [-0.39, 0.29) is 10.8 Å². The normalized spacial score (nSPS) is 15.9. The van der Waals surface area contributed by atoms with Gasteiger partial charge in [0.1, 0.15) is 13.1 Å². The van der Waals surface area contributed by atoms with Crippen molar-refractivity contribution >= 4 is 46.3 Å². The molecule has 0 aromatic heterocycles. The Morgan fingerprint density at radius 1 is 0.462 bits per heavy atom. The van der Waals surface area contributed by atoms with E-state index in [1.54, 1.807) is 0 Å². The van der Waals surface area contributed by atoms with Gasteiger partial charge in [-0.15, -0.1) is 0 Å². The van der Waals surface area contributed by atoms with Crippen LogP contribution in [0.3, 0.4) is 0 Å². The molecular weight excluding hydrogens is 633 g/mol. The largest absolute Gasteiger partial charge is 0.372 e. The zero-order valence-electron chi connectivity index (χ0n) is 33.0. The van der Waals surface area contributed by atoms with Crippen LogP contribution in [-0.2, 0) is 10.8 Å². The summed E-state index contributed by atoms with van der Waals surface area (Å²) in [6.45, 7) is 24.5. The van der Waals surface area contributed by atoms with Crippen molar-refractivity contribution in [3.8, 4) is 0 Å². The highest BCUT2D eigenvalue weighted by Crippen LogP contribution is 2.42. The minimum atomic E-state index is -0.0680. The van der Waals surface area contributed by atoms with Crippen LogP contribution in [0, 0.1) is 0 Å². The molecule has 4 heteroatoms. The lowest BCUT2D eigenvalue weighted by Gasteiger charge is -2.20. The number of fused-ring (bicyclic) bond motifs is 2. The number of benzene rings is 4. The SMILES string of the molecule is CCN(CC)c1ccc(C=CC2=[N+](CCCC[N+]3=C(C=Cc4ccc(N(CC)CC)cc4)C(C)(C)c4ccccc43)c3ccccc3C2(C)C)cc1. The van der Waals surface area contributed by atoms with Crippen molar-refractivity contribution in [1.29, 1.82) is 0 Å². The van der Waals surface area contributed by atoms with Crippen LogP contribution in [0.5, 0.6) is 0 Å². The summed E-state index contributed by atoms with van der Waals surface area (Å²) in [4.78, 5) is 4.79. The fourth-order valence-electron chi connectivity index (χ4n) is 8.42. The van der Waals surface area contributed by atoms with Crippen LogP contribution < -0.4 is 9.80 Å². The van der Waals surface area contributed by atoms with E-state index in [4.69, 9.17) is 0 Å². The predicted molar refractivity (Wildman–Crippen MR) is 226 cm³/mol. The van der Waals surface area contributed by atoms with E-state index in [2.05, 4.69) is 196 Å².